The van der Waals surface area contributed by atoms with Gasteiger partial charge in [-0.05, 0) is 46.7 Å². The zero-order valence-corrected chi connectivity index (χ0v) is 16.7. The van der Waals surface area contributed by atoms with E-state index in [1.807, 2.05) is 66.7 Å². The van der Waals surface area contributed by atoms with Crippen molar-refractivity contribution < 1.29 is 14.6 Å². The monoisotopic (exact) mass is 408 g/mol. The standard InChI is InChI=1S/C26H20N2O3/c27-16-18-10-13-21(14-11-18)31-17-24(30)28-26(20-7-2-1-3-8-20)25-22-9-5-4-6-19(22)12-15-23(25)29/h1-15,26,29H,17H2,(H,28,30). The first-order valence-electron chi connectivity index (χ1n) is 9.83. The Labute approximate surface area is 180 Å². The average Bonchev–Trinajstić information content (AvgIpc) is 2.82. The fraction of sp³-hybridized carbons (Fsp3) is 0.0769. The van der Waals surface area contributed by atoms with E-state index < -0.39 is 6.04 Å². The van der Waals surface area contributed by atoms with Crippen LogP contribution >= 0.6 is 0 Å². The molecule has 0 saturated carbocycles. The molecule has 5 heteroatoms. The van der Waals surface area contributed by atoms with E-state index in [0.29, 0.717) is 16.9 Å². The van der Waals surface area contributed by atoms with Crippen LogP contribution in [0.2, 0.25) is 0 Å². The number of carbonyl (C=O) groups excluding carboxylic acids is 1. The largest absolute Gasteiger partial charge is 0.508 e. The third kappa shape index (κ3) is 4.49. The van der Waals surface area contributed by atoms with Crippen molar-refractivity contribution in [1.82, 2.24) is 5.32 Å². The fourth-order valence-electron chi connectivity index (χ4n) is 3.53. The summed E-state index contributed by atoms with van der Waals surface area (Å²) in [5.74, 6) is 0.282. The average molecular weight is 408 g/mol. The number of nitrogens with zero attached hydrogens (tertiary/aromatic N) is 1. The lowest BCUT2D eigenvalue weighted by atomic mass is 9.92. The van der Waals surface area contributed by atoms with E-state index in [4.69, 9.17) is 10.00 Å². The van der Waals surface area contributed by atoms with Crippen molar-refractivity contribution in [3.05, 3.63) is 108 Å². The minimum Gasteiger partial charge on any atom is -0.508 e. The SMILES string of the molecule is N#Cc1ccc(OCC(=O)NC(c2ccccc2)c2c(O)ccc3ccccc23)cc1. The molecule has 0 heterocycles. The number of phenols is 1. The molecule has 0 aliphatic carbocycles. The second-order valence-electron chi connectivity index (χ2n) is 7.06. The Morgan fingerprint density at radius 2 is 1.65 bits per heavy atom. The van der Waals surface area contributed by atoms with E-state index in [0.717, 1.165) is 16.3 Å². The van der Waals surface area contributed by atoms with E-state index in [9.17, 15) is 9.90 Å². The molecule has 31 heavy (non-hydrogen) atoms. The molecule has 1 unspecified atom stereocenters. The number of nitrogens with one attached hydrogen (secondary N) is 1. The molecule has 0 saturated heterocycles. The Balaban J connectivity index is 1.62. The molecule has 152 valence electrons. The number of rotatable bonds is 6. The highest BCUT2D eigenvalue weighted by atomic mass is 16.5. The molecular weight excluding hydrogens is 388 g/mol. The molecule has 2 N–H and O–H groups in total. The summed E-state index contributed by atoms with van der Waals surface area (Å²) in [7, 11) is 0. The molecule has 4 rings (SSSR count). The molecule has 0 radical (unpaired) electrons. The lowest BCUT2D eigenvalue weighted by Gasteiger charge is -2.22. The summed E-state index contributed by atoms with van der Waals surface area (Å²) < 4.78 is 5.57. The van der Waals surface area contributed by atoms with Crippen molar-refractivity contribution in [1.29, 1.82) is 5.26 Å². The summed E-state index contributed by atoms with van der Waals surface area (Å²) in [6.07, 6.45) is 0. The fourth-order valence-corrected chi connectivity index (χ4v) is 3.53. The normalized spacial score (nSPS) is 11.5. The van der Waals surface area contributed by atoms with Gasteiger partial charge in [0.1, 0.15) is 11.5 Å². The maximum absolute atomic E-state index is 12.8. The lowest BCUT2D eigenvalue weighted by Crippen LogP contribution is -2.33. The van der Waals surface area contributed by atoms with Gasteiger partial charge in [0.2, 0.25) is 0 Å². The van der Waals surface area contributed by atoms with Gasteiger partial charge in [-0.25, -0.2) is 0 Å². The van der Waals surface area contributed by atoms with Crippen LogP contribution in [0.15, 0.2) is 91.0 Å². The molecule has 4 aromatic carbocycles. The smallest absolute Gasteiger partial charge is 0.258 e. The van der Waals surface area contributed by atoms with Crippen LogP contribution in [-0.4, -0.2) is 17.6 Å². The Morgan fingerprint density at radius 3 is 2.39 bits per heavy atom. The lowest BCUT2D eigenvalue weighted by molar-refractivity contribution is -0.123. The molecule has 0 aliphatic rings. The van der Waals surface area contributed by atoms with Gasteiger partial charge in [-0.1, -0.05) is 60.7 Å². The van der Waals surface area contributed by atoms with E-state index in [1.165, 1.54) is 0 Å². The van der Waals surface area contributed by atoms with E-state index >= 15 is 0 Å². The number of nitriles is 1. The third-order valence-corrected chi connectivity index (χ3v) is 5.03. The summed E-state index contributed by atoms with van der Waals surface area (Å²) in [5.41, 5.74) is 2.00. The van der Waals surface area contributed by atoms with Gasteiger partial charge in [-0.15, -0.1) is 0 Å². The van der Waals surface area contributed by atoms with Crippen molar-refractivity contribution in [2.45, 2.75) is 6.04 Å². The number of hydrogen-bond donors (Lipinski definition) is 2. The van der Waals surface area contributed by atoms with Crippen LogP contribution in [0.3, 0.4) is 0 Å². The minimum absolute atomic E-state index is 0.112. The molecule has 0 fully saturated rings. The quantitative estimate of drug-likeness (QED) is 0.484. The van der Waals surface area contributed by atoms with Crippen molar-refractivity contribution in [2.24, 2.45) is 0 Å². The summed E-state index contributed by atoms with van der Waals surface area (Å²) in [6.45, 7) is -0.194. The first kappa shape index (κ1) is 20.0. The Hall–Kier alpha value is -4.30. The Morgan fingerprint density at radius 1 is 0.935 bits per heavy atom. The molecule has 0 bridgehead atoms. The molecule has 0 aliphatic heterocycles. The molecule has 0 aromatic heterocycles. The zero-order chi connectivity index (χ0) is 21.6. The highest BCUT2D eigenvalue weighted by Crippen LogP contribution is 2.35. The van der Waals surface area contributed by atoms with Crippen molar-refractivity contribution in [3.8, 4) is 17.6 Å². The summed E-state index contributed by atoms with van der Waals surface area (Å²) >= 11 is 0. The highest BCUT2D eigenvalue weighted by molar-refractivity contribution is 5.89. The number of carbonyl (C=O) groups is 1. The van der Waals surface area contributed by atoms with Gasteiger partial charge in [0.05, 0.1) is 17.7 Å². The molecule has 1 atom stereocenters. The minimum atomic E-state index is -0.552. The highest BCUT2D eigenvalue weighted by Gasteiger charge is 2.22. The van der Waals surface area contributed by atoms with Crippen LogP contribution in [0, 0.1) is 11.3 Å². The number of ether oxygens (including phenoxy) is 1. The van der Waals surface area contributed by atoms with Crippen LogP contribution in [-0.2, 0) is 4.79 Å². The zero-order valence-electron chi connectivity index (χ0n) is 16.7. The summed E-state index contributed by atoms with van der Waals surface area (Å²) in [4.78, 5) is 12.8. The predicted molar refractivity (Wildman–Crippen MR) is 119 cm³/mol. The molecule has 5 nitrogen and oxygen atoms in total. The van der Waals surface area contributed by atoms with E-state index in [2.05, 4.69) is 5.32 Å². The van der Waals surface area contributed by atoms with Gasteiger partial charge < -0.3 is 15.2 Å². The van der Waals surface area contributed by atoms with Gasteiger partial charge in [0.15, 0.2) is 6.61 Å². The van der Waals surface area contributed by atoms with Gasteiger partial charge in [0.25, 0.3) is 5.91 Å². The van der Waals surface area contributed by atoms with Crippen molar-refractivity contribution in [3.63, 3.8) is 0 Å². The second kappa shape index (κ2) is 9.02. The number of amides is 1. The topological polar surface area (TPSA) is 82.3 Å². The van der Waals surface area contributed by atoms with Crippen molar-refractivity contribution in [2.75, 3.05) is 6.61 Å². The Kier molecular flexibility index (Phi) is 5.82. The maximum Gasteiger partial charge on any atom is 0.258 e. The second-order valence-corrected chi connectivity index (χ2v) is 7.06. The number of aromatic hydroxyl groups is 1. The Bertz CT molecular complexity index is 1250. The van der Waals surface area contributed by atoms with Gasteiger partial charge in [0, 0.05) is 5.56 Å². The maximum atomic E-state index is 12.8. The number of benzene rings is 4. The van der Waals surface area contributed by atoms with Crippen LogP contribution in [0.1, 0.15) is 22.7 Å². The van der Waals surface area contributed by atoms with Crippen LogP contribution in [0.25, 0.3) is 10.8 Å². The van der Waals surface area contributed by atoms with Crippen molar-refractivity contribution >= 4 is 16.7 Å². The number of phenolic OH excluding ortho intramolecular Hbond substituents is 1. The molecule has 1 amide bonds. The van der Waals surface area contributed by atoms with E-state index in [-0.39, 0.29) is 18.3 Å². The predicted octanol–water partition coefficient (Wildman–Crippen LogP) is 4.70. The van der Waals surface area contributed by atoms with E-state index in [1.54, 1.807) is 30.3 Å². The van der Waals surface area contributed by atoms with Gasteiger partial charge in [-0.3, -0.25) is 4.79 Å². The number of hydrogen-bond acceptors (Lipinski definition) is 4. The van der Waals surface area contributed by atoms with Gasteiger partial charge >= 0.3 is 0 Å². The molecule has 4 aromatic rings. The molecular formula is C26H20N2O3. The first-order chi connectivity index (χ1) is 15.2. The first-order valence-corrected chi connectivity index (χ1v) is 9.83. The number of fused-ring (bicyclic) bond motifs is 1. The third-order valence-electron chi connectivity index (χ3n) is 5.03. The summed E-state index contributed by atoms with van der Waals surface area (Å²) in [5, 5.41) is 24.4. The van der Waals surface area contributed by atoms with Crippen LogP contribution < -0.4 is 10.1 Å². The van der Waals surface area contributed by atoms with Gasteiger partial charge in [-0.2, -0.15) is 5.26 Å². The van der Waals surface area contributed by atoms with Crippen LogP contribution in [0.5, 0.6) is 11.5 Å². The van der Waals surface area contributed by atoms with Crippen LogP contribution in [0.4, 0.5) is 0 Å². The molecule has 0 spiro atoms. The summed E-state index contributed by atoms with van der Waals surface area (Å²) in [6, 6.07) is 28.8.